The Morgan fingerprint density at radius 1 is 1.55 bits per heavy atom. The van der Waals surface area contributed by atoms with Gasteiger partial charge in [-0.1, -0.05) is 0 Å². The highest BCUT2D eigenvalue weighted by atomic mass is 16.5. The van der Waals surface area contributed by atoms with Crippen LogP contribution in [0.15, 0.2) is 30.8 Å². The van der Waals surface area contributed by atoms with E-state index in [1.165, 1.54) is 0 Å². The summed E-state index contributed by atoms with van der Waals surface area (Å²) in [4.78, 5) is 4.15. The highest BCUT2D eigenvalue weighted by Gasteiger charge is 2.03. The molecular formula is C8H8N2O. The van der Waals surface area contributed by atoms with Crippen molar-refractivity contribution < 1.29 is 4.74 Å². The van der Waals surface area contributed by atoms with Crippen molar-refractivity contribution in [3.05, 3.63) is 36.5 Å². The normalized spacial score (nSPS) is 14.2. The number of hydrogen-bond acceptors (Lipinski definition) is 3. The van der Waals surface area contributed by atoms with E-state index in [9.17, 15) is 0 Å². The van der Waals surface area contributed by atoms with Crippen LogP contribution in [0, 0.1) is 0 Å². The Morgan fingerprint density at radius 3 is 3.55 bits per heavy atom. The fraction of sp³-hybridized carbons (Fsp3) is 0.125. The molecule has 56 valence electrons. The molecule has 0 saturated carbocycles. The Balaban J connectivity index is 2.40. The van der Waals surface area contributed by atoms with E-state index in [0.29, 0.717) is 0 Å². The molecule has 1 aliphatic rings. The molecule has 2 heterocycles. The molecular weight excluding hydrogens is 140 g/mol. The number of hydrogen-bond donors (Lipinski definition) is 1. The zero-order chi connectivity index (χ0) is 7.52. The number of pyridine rings is 1. The minimum atomic E-state index is 0.729. The molecule has 0 bridgehead atoms. The average Bonchev–Trinajstić information content (AvgIpc) is 2.28. The largest absolute Gasteiger partial charge is 0.462 e. The molecule has 2 rings (SSSR count). The Kier molecular flexibility index (Phi) is 1.48. The number of rotatable bonds is 0. The van der Waals surface area contributed by atoms with E-state index in [1.54, 1.807) is 18.7 Å². The second-order valence-electron chi connectivity index (χ2n) is 2.25. The maximum absolute atomic E-state index is 5.24. The molecule has 0 fully saturated rings. The van der Waals surface area contributed by atoms with Crippen LogP contribution in [0.1, 0.15) is 5.69 Å². The van der Waals surface area contributed by atoms with Crippen LogP contribution in [0.4, 0.5) is 0 Å². The lowest BCUT2D eigenvalue weighted by molar-refractivity contribution is 0.476. The molecule has 0 spiro atoms. The van der Waals surface area contributed by atoms with E-state index in [4.69, 9.17) is 4.74 Å². The number of fused-ring (bicyclic) bond motifs is 1. The van der Waals surface area contributed by atoms with Crippen LogP contribution in [-0.4, -0.2) is 4.98 Å². The van der Waals surface area contributed by atoms with Crippen molar-refractivity contribution in [3.8, 4) is 5.75 Å². The topological polar surface area (TPSA) is 34.1 Å². The molecule has 1 aromatic rings. The maximum atomic E-state index is 5.24. The van der Waals surface area contributed by atoms with Gasteiger partial charge in [0.1, 0.15) is 17.7 Å². The first-order valence-corrected chi connectivity index (χ1v) is 3.46. The zero-order valence-electron chi connectivity index (χ0n) is 5.95. The van der Waals surface area contributed by atoms with E-state index >= 15 is 0 Å². The second kappa shape index (κ2) is 2.62. The summed E-state index contributed by atoms with van der Waals surface area (Å²) >= 11 is 0. The molecule has 0 atom stereocenters. The SMILES string of the molecule is C1=COc2cccnc2CN1. The lowest BCUT2D eigenvalue weighted by atomic mass is 10.3. The van der Waals surface area contributed by atoms with Gasteiger partial charge in [-0.15, -0.1) is 0 Å². The molecule has 1 N–H and O–H groups in total. The summed E-state index contributed by atoms with van der Waals surface area (Å²) in [6.07, 6.45) is 5.14. The fourth-order valence-electron chi connectivity index (χ4n) is 0.974. The first-order valence-electron chi connectivity index (χ1n) is 3.46. The van der Waals surface area contributed by atoms with E-state index in [1.807, 2.05) is 12.1 Å². The predicted octanol–water partition coefficient (Wildman–Crippen LogP) is 1.03. The van der Waals surface area contributed by atoms with Crippen LogP contribution in [0.2, 0.25) is 0 Å². The standard InChI is InChI=1S/C8H8N2O/c1-2-8-7(10-3-1)6-9-4-5-11-8/h1-5,9H,6H2. The van der Waals surface area contributed by atoms with Crippen LogP contribution in [-0.2, 0) is 6.54 Å². The van der Waals surface area contributed by atoms with Crippen molar-refractivity contribution in [2.75, 3.05) is 0 Å². The van der Waals surface area contributed by atoms with Gasteiger partial charge in [-0.05, 0) is 12.1 Å². The third-order valence-corrected chi connectivity index (χ3v) is 1.50. The predicted molar refractivity (Wildman–Crippen MR) is 40.8 cm³/mol. The lowest BCUT2D eigenvalue weighted by Crippen LogP contribution is -2.03. The third kappa shape index (κ3) is 1.17. The Labute approximate surface area is 64.7 Å². The number of nitrogens with zero attached hydrogens (tertiary/aromatic N) is 1. The van der Waals surface area contributed by atoms with Crippen LogP contribution < -0.4 is 10.1 Å². The molecule has 1 aromatic heterocycles. The van der Waals surface area contributed by atoms with Crippen molar-refractivity contribution in [2.24, 2.45) is 0 Å². The monoisotopic (exact) mass is 148 g/mol. The van der Waals surface area contributed by atoms with Gasteiger partial charge < -0.3 is 10.1 Å². The third-order valence-electron chi connectivity index (χ3n) is 1.50. The van der Waals surface area contributed by atoms with Gasteiger partial charge in [0.15, 0.2) is 0 Å². The fourth-order valence-corrected chi connectivity index (χ4v) is 0.974. The summed E-state index contributed by atoms with van der Waals surface area (Å²) in [6.45, 7) is 0.729. The summed E-state index contributed by atoms with van der Waals surface area (Å²) < 4.78 is 5.24. The van der Waals surface area contributed by atoms with Crippen molar-refractivity contribution >= 4 is 0 Å². The van der Waals surface area contributed by atoms with Gasteiger partial charge >= 0.3 is 0 Å². The van der Waals surface area contributed by atoms with E-state index in [-0.39, 0.29) is 0 Å². The van der Waals surface area contributed by atoms with Gasteiger partial charge in [0, 0.05) is 12.4 Å². The molecule has 0 saturated heterocycles. The van der Waals surface area contributed by atoms with Crippen LogP contribution in [0.3, 0.4) is 0 Å². The smallest absolute Gasteiger partial charge is 0.149 e. The quantitative estimate of drug-likeness (QED) is 0.596. The molecule has 0 radical (unpaired) electrons. The summed E-state index contributed by atoms with van der Waals surface area (Å²) in [7, 11) is 0. The molecule has 0 aliphatic carbocycles. The zero-order valence-corrected chi connectivity index (χ0v) is 5.95. The van der Waals surface area contributed by atoms with Gasteiger partial charge in [0.25, 0.3) is 0 Å². The first kappa shape index (κ1) is 6.22. The molecule has 3 heteroatoms. The summed E-state index contributed by atoms with van der Waals surface area (Å²) in [5.74, 6) is 0.828. The van der Waals surface area contributed by atoms with Gasteiger partial charge in [0.2, 0.25) is 0 Å². The van der Waals surface area contributed by atoms with E-state index in [0.717, 1.165) is 18.0 Å². The maximum Gasteiger partial charge on any atom is 0.149 e. The van der Waals surface area contributed by atoms with Crippen molar-refractivity contribution in [2.45, 2.75) is 6.54 Å². The Bertz CT molecular complexity index is 283. The van der Waals surface area contributed by atoms with Crippen molar-refractivity contribution in [3.63, 3.8) is 0 Å². The van der Waals surface area contributed by atoms with Gasteiger partial charge in [-0.3, -0.25) is 4.98 Å². The lowest BCUT2D eigenvalue weighted by Gasteiger charge is -2.01. The minimum absolute atomic E-state index is 0.729. The minimum Gasteiger partial charge on any atom is -0.462 e. The molecule has 3 nitrogen and oxygen atoms in total. The van der Waals surface area contributed by atoms with Gasteiger partial charge in [0.05, 0.1) is 6.54 Å². The van der Waals surface area contributed by atoms with Crippen molar-refractivity contribution in [1.82, 2.24) is 10.3 Å². The van der Waals surface area contributed by atoms with E-state index < -0.39 is 0 Å². The number of aromatic nitrogens is 1. The van der Waals surface area contributed by atoms with E-state index in [2.05, 4.69) is 10.3 Å². The molecule has 1 aliphatic heterocycles. The summed E-state index contributed by atoms with van der Waals surface area (Å²) in [5, 5.41) is 3.04. The van der Waals surface area contributed by atoms with Crippen LogP contribution in [0.5, 0.6) is 5.75 Å². The molecule has 0 aromatic carbocycles. The number of nitrogens with one attached hydrogen (secondary N) is 1. The highest BCUT2D eigenvalue weighted by molar-refractivity contribution is 5.28. The number of ether oxygens (including phenoxy) is 1. The highest BCUT2D eigenvalue weighted by Crippen LogP contribution is 2.16. The molecule has 11 heavy (non-hydrogen) atoms. The van der Waals surface area contributed by atoms with Gasteiger partial charge in [-0.25, -0.2) is 0 Å². The molecule has 0 amide bonds. The van der Waals surface area contributed by atoms with Crippen molar-refractivity contribution in [1.29, 1.82) is 0 Å². The summed E-state index contributed by atoms with van der Waals surface area (Å²) in [5.41, 5.74) is 0.942. The summed E-state index contributed by atoms with van der Waals surface area (Å²) in [6, 6.07) is 3.76. The second-order valence-corrected chi connectivity index (χ2v) is 2.25. The molecule has 0 unspecified atom stereocenters. The Morgan fingerprint density at radius 2 is 2.55 bits per heavy atom. The average molecular weight is 148 g/mol. The van der Waals surface area contributed by atoms with Crippen LogP contribution >= 0.6 is 0 Å². The van der Waals surface area contributed by atoms with Crippen LogP contribution in [0.25, 0.3) is 0 Å². The first-order chi connectivity index (χ1) is 5.47. The van der Waals surface area contributed by atoms with Gasteiger partial charge in [-0.2, -0.15) is 0 Å². The Hall–Kier alpha value is -1.51.